The summed E-state index contributed by atoms with van der Waals surface area (Å²) >= 11 is 1.79. The summed E-state index contributed by atoms with van der Waals surface area (Å²) in [5.41, 5.74) is 1.30. The average molecular weight is 401 g/mol. The zero-order valence-electron chi connectivity index (χ0n) is 16.3. The van der Waals surface area contributed by atoms with Crippen molar-refractivity contribution in [3.63, 3.8) is 0 Å². The second kappa shape index (κ2) is 10.7. The van der Waals surface area contributed by atoms with Gasteiger partial charge in [0.25, 0.3) is 0 Å². The zero-order chi connectivity index (χ0) is 19.6. The van der Waals surface area contributed by atoms with Crippen LogP contribution >= 0.6 is 11.3 Å². The molecule has 0 spiro atoms. The van der Waals surface area contributed by atoms with Crippen LogP contribution in [0, 0.1) is 0 Å². The van der Waals surface area contributed by atoms with Gasteiger partial charge in [0.05, 0.1) is 6.61 Å². The van der Waals surface area contributed by atoms with Crippen LogP contribution in [0.3, 0.4) is 0 Å². The van der Waals surface area contributed by atoms with Crippen LogP contribution < -0.4 is 15.4 Å². The van der Waals surface area contributed by atoms with E-state index in [4.69, 9.17) is 4.74 Å². The van der Waals surface area contributed by atoms with Crippen LogP contribution in [0.4, 0.5) is 0 Å². The first-order chi connectivity index (χ1) is 13.8. The maximum atomic E-state index is 12.4. The van der Waals surface area contributed by atoms with Gasteiger partial charge in [0, 0.05) is 44.5 Å². The summed E-state index contributed by atoms with van der Waals surface area (Å²) in [5, 5.41) is 8.58. The Bertz CT molecular complexity index is 776. The van der Waals surface area contributed by atoms with Gasteiger partial charge < -0.3 is 20.3 Å². The van der Waals surface area contributed by atoms with Crippen molar-refractivity contribution in [1.29, 1.82) is 0 Å². The lowest BCUT2D eigenvalue weighted by Crippen LogP contribution is -2.41. The van der Waals surface area contributed by atoms with Crippen molar-refractivity contribution in [2.75, 3.05) is 33.3 Å². The van der Waals surface area contributed by atoms with Gasteiger partial charge in [-0.25, -0.2) is 0 Å². The van der Waals surface area contributed by atoms with Gasteiger partial charge in [-0.2, -0.15) is 0 Å². The molecule has 150 valence electrons. The second-order valence-electron chi connectivity index (χ2n) is 6.63. The number of hydrogen-bond donors (Lipinski definition) is 2. The third-order valence-corrected chi connectivity index (χ3v) is 5.66. The molecule has 6 nitrogen and oxygen atoms in total. The van der Waals surface area contributed by atoms with E-state index in [0.717, 1.165) is 38.2 Å². The number of benzene rings is 1. The fraction of sp³-hybridized carbons (Fsp3) is 0.429. The van der Waals surface area contributed by atoms with E-state index in [1.807, 2.05) is 35.2 Å². The van der Waals surface area contributed by atoms with Gasteiger partial charge in [0.2, 0.25) is 5.91 Å². The lowest BCUT2D eigenvalue weighted by Gasteiger charge is -2.27. The maximum Gasteiger partial charge on any atom is 0.224 e. The molecule has 7 heteroatoms. The Morgan fingerprint density at radius 2 is 2.04 bits per heavy atom. The Morgan fingerprint density at radius 1 is 1.21 bits per heavy atom. The minimum Gasteiger partial charge on any atom is -0.494 e. The topological polar surface area (TPSA) is 66.0 Å². The van der Waals surface area contributed by atoms with Gasteiger partial charge in [-0.05, 0) is 42.0 Å². The predicted octanol–water partition coefficient (Wildman–Crippen LogP) is 2.66. The van der Waals surface area contributed by atoms with Gasteiger partial charge in [0.15, 0.2) is 5.96 Å². The molecule has 1 aliphatic heterocycles. The summed E-state index contributed by atoms with van der Waals surface area (Å²) in [5.74, 6) is 1.79. The Labute approximate surface area is 170 Å². The molecule has 1 aromatic heterocycles. The standard InChI is InChI=1S/C21H28N4O2S/c1-22-21(23-11-5-14-27-18-6-3-2-4-7-18)24-12-8-20(26)25-13-9-19-17(16-25)10-15-28-19/h2-4,6-7,10,15H,5,8-9,11-14,16H2,1H3,(H2,22,23,24). The average Bonchev–Trinajstić information content (AvgIpc) is 3.20. The van der Waals surface area contributed by atoms with Crippen molar-refractivity contribution < 1.29 is 9.53 Å². The zero-order valence-corrected chi connectivity index (χ0v) is 17.1. The quantitative estimate of drug-likeness (QED) is 0.406. The molecule has 2 aromatic rings. The van der Waals surface area contributed by atoms with Crippen molar-refractivity contribution in [3.8, 4) is 5.75 Å². The molecule has 2 N–H and O–H groups in total. The van der Waals surface area contributed by atoms with E-state index in [9.17, 15) is 4.79 Å². The number of nitrogens with one attached hydrogen (secondary N) is 2. The number of rotatable bonds is 8. The predicted molar refractivity (Wildman–Crippen MR) is 114 cm³/mol. The minimum atomic E-state index is 0.191. The fourth-order valence-electron chi connectivity index (χ4n) is 3.11. The number of amides is 1. The molecule has 28 heavy (non-hydrogen) atoms. The van der Waals surface area contributed by atoms with E-state index in [2.05, 4.69) is 27.1 Å². The first kappa shape index (κ1) is 20.2. The Morgan fingerprint density at radius 3 is 2.86 bits per heavy atom. The highest BCUT2D eigenvalue weighted by molar-refractivity contribution is 7.10. The van der Waals surface area contributed by atoms with Crippen LogP contribution in [-0.2, 0) is 17.8 Å². The van der Waals surface area contributed by atoms with Crippen LogP contribution in [0.5, 0.6) is 5.75 Å². The SMILES string of the molecule is CN=C(NCCCOc1ccccc1)NCCC(=O)N1CCc2sccc2C1. The molecule has 0 aliphatic carbocycles. The maximum absolute atomic E-state index is 12.4. The second-order valence-corrected chi connectivity index (χ2v) is 7.63. The number of fused-ring (bicyclic) bond motifs is 1. The number of aliphatic imine (C=N–C) groups is 1. The highest BCUT2D eigenvalue weighted by Crippen LogP contribution is 2.24. The van der Waals surface area contributed by atoms with Crippen molar-refractivity contribution in [2.45, 2.75) is 25.8 Å². The van der Waals surface area contributed by atoms with Gasteiger partial charge in [-0.15, -0.1) is 11.3 Å². The summed E-state index contributed by atoms with van der Waals surface area (Å²) < 4.78 is 5.67. The summed E-state index contributed by atoms with van der Waals surface area (Å²) in [6, 6.07) is 11.9. The first-order valence-corrected chi connectivity index (χ1v) is 10.6. The number of ether oxygens (including phenoxy) is 1. The molecule has 1 aromatic carbocycles. The third kappa shape index (κ3) is 5.99. The number of carbonyl (C=O) groups excluding carboxylic acids is 1. The molecule has 0 atom stereocenters. The summed E-state index contributed by atoms with van der Waals surface area (Å²) in [6.45, 7) is 3.54. The summed E-state index contributed by atoms with van der Waals surface area (Å²) in [6.07, 6.45) is 2.31. The summed E-state index contributed by atoms with van der Waals surface area (Å²) in [7, 11) is 1.74. The number of thiophene rings is 1. The monoisotopic (exact) mass is 400 g/mol. The molecule has 1 aliphatic rings. The van der Waals surface area contributed by atoms with Crippen LogP contribution in [0.2, 0.25) is 0 Å². The molecular weight excluding hydrogens is 372 g/mol. The van der Waals surface area contributed by atoms with Crippen molar-refractivity contribution in [1.82, 2.24) is 15.5 Å². The highest BCUT2D eigenvalue weighted by atomic mass is 32.1. The minimum absolute atomic E-state index is 0.191. The smallest absolute Gasteiger partial charge is 0.224 e. The third-order valence-electron chi connectivity index (χ3n) is 4.64. The van der Waals surface area contributed by atoms with Crippen LogP contribution in [0.25, 0.3) is 0 Å². The Kier molecular flexibility index (Phi) is 7.72. The molecule has 0 radical (unpaired) electrons. The van der Waals surface area contributed by atoms with Crippen molar-refractivity contribution in [2.24, 2.45) is 4.99 Å². The van der Waals surface area contributed by atoms with E-state index < -0.39 is 0 Å². The molecule has 0 unspecified atom stereocenters. The normalized spacial score (nSPS) is 13.8. The van der Waals surface area contributed by atoms with E-state index in [1.54, 1.807) is 18.4 Å². The highest BCUT2D eigenvalue weighted by Gasteiger charge is 2.20. The van der Waals surface area contributed by atoms with Crippen molar-refractivity contribution >= 4 is 23.2 Å². The molecule has 0 fully saturated rings. The number of hydrogen-bond acceptors (Lipinski definition) is 4. The van der Waals surface area contributed by atoms with E-state index in [1.165, 1.54) is 10.4 Å². The van der Waals surface area contributed by atoms with E-state index >= 15 is 0 Å². The van der Waals surface area contributed by atoms with Gasteiger partial charge in [-0.1, -0.05) is 18.2 Å². The van der Waals surface area contributed by atoms with E-state index in [-0.39, 0.29) is 5.91 Å². The summed E-state index contributed by atoms with van der Waals surface area (Å²) in [4.78, 5) is 20.0. The molecule has 0 bridgehead atoms. The largest absolute Gasteiger partial charge is 0.494 e. The van der Waals surface area contributed by atoms with Gasteiger partial charge in [0.1, 0.15) is 5.75 Å². The van der Waals surface area contributed by atoms with Crippen LogP contribution in [-0.4, -0.2) is 50.1 Å². The number of nitrogens with zero attached hydrogens (tertiary/aromatic N) is 2. The van der Waals surface area contributed by atoms with Gasteiger partial charge >= 0.3 is 0 Å². The van der Waals surface area contributed by atoms with Crippen molar-refractivity contribution in [3.05, 3.63) is 52.2 Å². The van der Waals surface area contributed by atoms with Gasteiger partial charge in [-0.3, -0.25) is 9.79 Å². The molecular formula is C21H28N4O2S. The molecule has 1 amide bonds. The number of guanidine groups is 1. The first-order valence-electron chi connectivity index (χ1n) is 9.71. The Balaban J connectivity index is 1.28. The van der Waals surface area contributed by atoms with Crippen LogP contribution in [0.15, 0.2) is 46.8 Å². The van der Waals surface area contributed by atoms with Crippen LogP contribution in [0.1, 0.15) is 23.3 Å². The number of carbonyl (C=O) groups is 1. The van der Waals surface area contributed by atoms with E-state index in [0.29, 0.717) is 25.5 Å². The fourth-order valence-corrected chi connectivity index (χ4v) is 4.00. The molecule has 2 heterocycles. The molecule has 0 saturated carbocycles. The number of para-hydroxylation sites is 1. The molecule has 0 saturated heterocycles. The lowest BCUT2D eigenvalue weighted by atomic mass is 10.1. The Hall–Kier alpha value is -2.54. The molecule has 3 rings (SSSR count). The lowest BCUT2D eigenvalue weighted by molar-refractivity contribution is -0.131.